The van der Waals surface area contributed by atoms with Gasteiger partial charge in [0.25, 0.3) is 5.91 Å². The van der Waals surface area contributed by atoms with Crippen molar-refractivity contribution in [2.45, 2.75) is 26.2 Å². The molecule has 2 aromatic carbocycles. The molecule has 1 aliphatic rings. The average molecular weight is 416 g/mol. The Morgan fingerprint density at radius 2 is 1.90 bits per heavy atom. The molecule has 1 aliphatic heterocycles. The number of carbonyl (C=O) groups is 2. The fraction of sp³-hybridized carbons (Fsp3) is 0.167. The number of amides is 2. The Morgan fingerprint density at radius 3 is 2.65 bits per heavy atom. The van der Waals surface area contributed by atoms with E-state index < -0.39 is 5.92 Å². The molecule has 1 aromatic heterocycles. The van der Waals surface area contributed by atoms with Crippen LogP contribution in [0, 0.1) is 19.7 Å². The summed E-state index contributed by atoms with van der Waals surface area (Å²) >= 11 is 0. The van der Waals surface area contributed by atoms with Gasteiger partial charge in [-0.2, -0.15) is 0 Å². The van der Waals surface area contributed by atoms with Crippen LogP contribution in [0.15, 0.2) is 66.6 Å². The Kier molecular flexibility index (Phi) is 5.58. The van der Waals surface area contributed by atoms with E-state index in [0.29, 0.717) is 22.5 Å². The minimum Gasteiger partial charge on any atom is -0.332 e. The van der Waals surface area contributed by atoms with Crippen molar-refractivity contribution in [2.75, 3.05) is 5.32 Å². The van der Waals surface area contributed by atoms with Crippen molar-refractivity contribution in [1.82, 2.24) is 15.3 Å². The van der Waals surface area contributed by atoms with E-state index in [9.17, 15) is 14.0 Å². The van der Waals surface area contributed by atoms with Crippen molar-refractivity contribution in [3.63, 3.8) is 0 Å². The molecule has 0 saturated heterocycles. The Labute approximate surface area is 179 Å². The lowest BCUT2D eigenvalue weighted by atomic mass is 9.86. The van der Waals surface area contributed by atoms with Crippen LogP contribution >= 0.6 is 0 Å². The first-order valence-electron chi connectivity index (χ1n) is 9.86. The maximum absolute atomic E-state index is 13.3. The first-order chi connectivity index (χ1) is 14.9. The second kappa shape index (κ2) is 8.47. The van der Waals surface area contributed by atoms with E-state index >= 15 is 0 Å². The van der Waals surface area contributed by atoms with Crippen molar-refractivity contribution >= 4 is 17.5 Å². The molecule has 2 N–H and O–H groups in total. The van der Waals surface area contributed by atoms with Crippen LogP contribution in [-0.4, -0.2) is 21.8 Å². The van der Waals surface area contributed by atoms with Gasteiger partial charge in [-0.1, -0.05) is 24.3 Å². The lowest BCUT2D eigenvalue weighted by Crippen LogP contribution is -2.32. The smallest absolute Gasteiger partial charge is 0.253 e. The van der Waals surface area contributed by atoms with Crippen LogP contribution < -0.4 is 10.6 Å². The molecule has 1 atom stereocenters. The molecule has 7 heteroatoms. The summed E-state index contributed by atoms with van der Waals surface area (Å²) in [5.74, 6) is -1.35. The quantitative estimate of drug-likeness (QED) is 0.673. The number of rotatable bonds is 4. The average Bonchev–Trinajstić information content (AvgIpc) is 2.75. The number of carbonyl (C=O) groups excluding carboxylic acids is 2. The maximum Gasteiger partial charge on any atom is 0.253 e. The SMILES string of the molecule is Cc1cncc(-c2ccc(C)c(NC(=O)C3=CNC(=O)C[C@H]3c3ccc(F)cc3)c2)n1. The highest BCUT2D eigenvalue weighted by molar-refractivity contribution is 6.07. The highest BCUT2D eigenvalue weighted by Gasteiger charge is 2.29. The third kappa shape index (κ3) is 4.50. The molecule has 0 aliphatic carbocycles. The fourth-order valence-electron chi connectivity index (χ4n) is 3.54. The topological polar surface area (TPSA) is 84.0 Å². The van der Waals surface area contributed by atoms with Crippen LogP contribution in [-0.2, 0) is 9.59 Å². The summed E-state index contributed by atoms with van der Waals surface area (Å²) in [5, 5.41) is 5.56. The molecule has 0 unspecified atom stereocenters. The lowest BCUT2D eigenvalue weighted by molar-refractivity contribution is -0.121. The van der Waals surface area contributed by atoms with E-state index in [1.807, 2.05) is 32.0 Å². The number of aromatic nitrogens is 2. The van der Waals surface area contributed by atoms with Crippen molar-refractivity contribution in [3.05, 3.63) is 89.3 Å². The monoisotopic (exact) mass is 416 g/mol. The molecule has 2 heterocycles. The first kappa shape index (κ1) is 20.4. The number of benzene rings is 2. The van der Waals surface area contributed by atoms with Crippen LogP contribution in [0.2, 0.25) is 0 Å². The lowest BCUT2D eigenvalue weighted by Gasteiger charge is -2.24. The summed E-state index contributed by atoms with van der Waals surface area (Å²) in [6.07, 6.45) is 4.90. The van der Waals surface area contributed by atoms with Crippen LogP contribution in [0.25, 0.3) is 11.3 Å². The fourth-order valence-corrected chi connectivity index (χ4v) is 3.54. The van der Waals surface area contributed by atoms with Crippen molar-refractivity contribution < 1.29 is 14.0 Å². The number of halogens is 1. The number of hydrogen-bond acceptors (Lipinski definition) is 4. The molecule has 3 aromatic rings. The van der Waals surface area contributed by atoms with Gasteiger partial charge < -0.3 is 10.6 Å². The Hall–Kier alpha value is -3.87. The molecule has 0 fully saturated rings. The summed E-state index contributed by atoms with van der Waals surface area (Å²) < 4.78 is 13.3. The van der Waals surface area contributed by atoms with Crippen LogP contribution in [0.3, 0.4) is 0 Å². The molecular formula is C24H21FN4O2. The predicted octanol–water partition coefficient (Wildman–Crippen LogP) is 4.03. The summed E-state index contributed by atoms with van der Waals surface area (Å²) in [6.45, 7) is 3.77. The molecule has 0 spiro atoms. The number of aryl methyl sites for hydroxylation is 2. The Balaban J connectivity index is 1.62. The van der Waals surface area contributed by atoms with E-state index in [4.69, 9.17) is 0 Å². The van der Waals surface area contributed by atoms with Gasteiger partial charge in [0.1, 0.15) is 5.82 Å². The molecule has 156 valence electrons. The molecule has 2 amide bonds. The Morgan fingerprint density at radius 1 is 1.13 bits per heavy atom. The van der Waals surface area contributed by atoms with Gasteiger partial charge in [-0.25, -0.2) is 9.37 Å². The number of nitrogens with one attached hydrogen (secondary N) is 2. The van der Waals surface area contributed by atoms with Crippen LogP contribution in [0.1, 0.15) is 29.2 Å². The van der Waals surface area contributed by atoms with Gasteiger partial charge in [-0.15, -0.1) is 0 Å². The van der Waals surface area contributed by atoms with Gasteiger partial charge in [0, 0.05) is 41.6 Å². The van der Waals surface area contributed by atoms with E-state index in [-0.39, 0.29) is 24.1 Å². The highest BCUT2D eigenvalue weighted by atomic mass is 19.1. The molecule has 0 saturated carbocycles. The summed E-state index contributed by atoms with van der Waals surface area (Å²) in [5.41, 5.74) is 4.98. The largest absolute Gasteiger partial charge is 0.332 e. The second-order valence-corrected chi connectivity index (χ2v) is 7.50. The zero-order chi connectivity index (χ0) is 22.0. The zero-order valence-electron chi connectivity index (χ0n) is 17.1. The summed E-state index contributed by atoms with van der Waals surface area (Å²) in [7, 11) is 0. The summed E-state index contributed by atoms with van der Waals surface area (Å²) in [4.78, 5) is 33.8. The van der Waals surface area contributed by atoms with Gasteiger partial charge in [0.05, 0.1) is 17.6 Å². The third-order valence-corrected chi connectivity index (χ3v) is 5.22. The normalized spacial score (nSPS) is 15.8. The van der Waals surface area contributed by atoms with Crippen molar-refractivity contribution in [2.24, 2.45) is 0 Å². The molecule has 4 rings (SSSR count). The number of nitrogens with zero attached hydrogens (tertiary/aromatic N) is 2. The molecule has 31 heavy (non-hydrogen) atoms. The predicted molar refractivity (Wildman–Crippen MR) is 116 cm³/mol. The minimum atomic E-state index is -0.458. The summed E-state index contributed by atoms with van der Waals surface area (Å²) in [6, 6.07) is 11.5. The number of anilines is 1. The van der Waals surface area contributed by atoms with Crippen molar-refractivity contribution in [3.8, 4) is 11.3 Å². The van der Waals surface area contributed by atoms with Gasteiger partial charge in [-0.3, -0.25) is 14.6 Å². The van der Waals surface area contributed by atoms with E-state index in [2.05, 4.69) is 20.6 Å². The van der Waals surface area contributed by atoms with Crippen LogP contribution in [0.5, 0.6) is 0 Å². The van der Waals surface area contributed by atoms with Crippen LogP contribution in [0.4, 0.5) is 10.1 Å². The minimum absolute atomic E-state index is 0.114. The van der Waals surface area contributed by atoms with Gasteiger partial charge >= 0.3 is 0 Å². The molecule has 0 radical (unpaired) electrons. The second-order valence-electron chi connectivity index (χ2n) is 7.50. The van der Waals surface area contributed by atoms with E-state index in [1.54, 1.807) is 24.5 Å². The van der Waals surface area contributed by atoms with Gasteiger partial charge in [-0.05, 0) is 43.2 Å². The first-order valence-corrected chi connectivity index (χ1v) is 9.86. The van der Waals surface area contributed by atoms with E-state index in [1.165, 1.54) is 18.3 Å². The zero-order valence-corrected chi connectivity index (χ0v) is 17.1. The van der Waals surface area contributed by atoms with Crippen molar-refractivity contribution in [1.29, 1.82) is 0 Å². The number of hydrogen-bond donors (Lipinski definition) is 2. The Bertz CT molecular complexity index is 1190. The standard InChI is InChI=1S/C24H21FN4O2/c1-14-3-4-17(22-13-26-11-15(2)28-22)9-21(14)29-24(31)20-12-27-23(30)10-19(20)16-5-7-18(25)8-6-16/h3-9,11-13,19H,10H2,1-2H3,(H,27,30)(H,29,31)/t19-/m0/s1. The molecule has 0 bridgehead atoms. The van der Waals surface area contributed by atoms with Gasteiger partial charge in [0.15, 0.2) is 0 Å². The maximum atomic E-state index is 13.3. The molecule has 6 nitrogen and oxygen atoms in total. The van der Waals surface area contributed by atoms with Gasteiger partial charge in [0.2, 0.25) is 5.91 Å². The van der Waals surface area contributed by atoms with E-state index in [0.717, 1.165) is 16.8 Å². The third-order valence-electron chi connectivity index (χ3n) is 5.22. The highest BCUT2D eigenvalue weighted by Crippen LogP contribution is 2.32. The molecular weight excluding hydrogens is 395 g/mol.